The second kappa shape index (κ2) is 10.6. The van der Waals surface area contributed by atoms with Crippen molar-refractivity contribution in [3.8, 4) is 17.6 Å². The maximum atomic E-state index is 12.6. The summed E-state index contributed by atoms with van der Waals surface area (Å²) in [5.41, 5.74) is 1.20. The van der Waals surface area contributed by atoms with Gasteiger partial charge in [0, 0.05) is 29.1 Å². The van der Waals surface area contributed by atoms with Gasteiger partial charge in [0.2, 0.25) is 5.91 Å². The minimum atomic E-state index is -0.613. The lowest BCUT2D eigenvalue weighted by molar-refractivity contribution is -0.116. The van der Waals surface area contributed by atoms with E-state index in [2.05, 4.69) is 10.3 Å². The number of methoxy groups -OCH3 is 2. The highest BCUT2D eigenvalue weighted by atomic mass is 35.5. The summed E-state index contributed by atoms with van der Waals surface area (Å²) in [5.74, 6) is 0.0786. The fourth-order valence-corrected chi connectivity index (χ4v) is 3.93. The fourth-order valence-electron chi connectivity index (χ4n) is 2.90. The van der Waals surface area contributed by atoms with Crippen LogP contribution in [0.4, 0.5) is 16.5 Å². The average Bonchev–Trinajstić information content (AvgIpc) is 3.25. The zero-order valence-electron chi connectivity index (χ0n) is 18.0. The van der Waals surface area contributed by atoms with E-state index in [1.807, 2.05) is 6.07 Å². The van der Waals surface area contributed by atoms with Gasteiger partial charge in [-0.05, 0) is 36.4 Å². The first-order valence-corrected chi connectivity index (χ1v) is 10.8. The number of hydrogen-bond acceptors (Lipinski definition) is 7. The Bertz CT molecular complexity index is 1270. The van der Waals surface area contributed by atoms with Crippen LogP contribution in [0.15, 0.2) is 53.4 Å². The molecule has 0 radical (unpaired) electrons. The molecule has 10 heteroatoms. The third-order valence-corrected chi connectivity index (χ3v) is 5.46. The standard InChI is InChI=1S/C23H19ClN4O4S/c1-14(29)28(19-6-4-5-16(24)10-19)23-27-18(13-33-23)9-15(12-25)22(30)26-17-7-8-20(31-2)21(11-17)32-3/h4-11,13H,1-3H3,(H,26,30)/b15-9+. The first-order valence-electron chi connectivity index (χ1n) is 9.53. The number of nitriles is 1. The molecule has 1 aromatic heterocycles. The first-order chi connectivity index (χ1) is 15.9. The molecule has 2 amide bonds. The van der Waals surface area contributed by atoms with Crippen LogP contribution in [0.1, 0.15) is 12.6 Å². The molecule has 0 saturated heterocycles. The van der Waals surface area contributed by atoms with Crippen LogP contribution in [0, 0.1) is 11.3 Å². The van der Waals surface area contributed by atoms with E-state index in [1.54, 1.807) is 47.8 Å². The van der Waals surface area contributed by atoms with Crippen molar-refractivity contribution in [2.75, 3.05) is 24.4 Å². The molecule has 0 bridgehead atoms. The summed E-state index contributed by atoms with van der Waals surface area (Å²) in [6.07, 6.45) is 1.35. The molecule has 0 aliphatic carbocycles. The predicted octanol–water partition coefficient (Wildman–Crippen LogP) is 5.04. The van der Waals surface area contributed by atoms with E-state index in [1.165, 1.54) is 43.5 Å². The monoisotopic (exact) mass is 482 g/mol. The summed E-state index contributed by atoms with van der Waals surface area (Å²) in [7, 11) is 2.99. The van der Waals surface area contributed by atoms with Gasteiger partial charge in [-0.2, -0.15) is 5.26 Å². The van der Waals surface area contributed by atoms with Crippen molar-refractivity contribution in [2.24, 2.45) is 0 Å². The lowest BCUT2D eigenvalue weighted by Crippen LogP contribution is -2.22. The quantitative estimate of drug-likeness (QED) is 0.373. The molecule has 0 saturated carbocycles. The van der Waals surface area contributed by atoms with E-state index < -0.39 is 5.91 Å². The number of aromatic nitrogens is 1. The summed E-state index contributed by atoms with van der Waals surface area (Å²) in [6, 6.07) is 13.6. The summed E-state index contributed by atoms with van der Waals surface area (Å²) >= 11 is 7.25. The summed E-state index contributed by atoms with van der Waals surface area (Å²) in [5, 5.41) is 14.7. The van der Waals surface area contributed by atoms with Crippen LogP contribution in [0.5, 0.6) is 11.5 Å². The fraction of sp³-hybridized carbons (Fsp3) is 0.130. The van der Waals surface area contributed by atoms with Crippen LogP contribution in [0.25, 0.3) is 6.08 Å². The Balaban J connectivity index is 1.84. The molecular formula is C23H19ClN4O4S. The number of ether oxygens (including phenoxy) is 2. The molecule has 0 fully saturated rings. The highest BCUT2D eigenvalue weighted by Gasteiger charge is 2.19. The largest absolute Gasteiger partial charge is 0.493 e. The Labute approximate surface area is 199 Å². The van der Waals surface area contributed by atoms with Crippen LogP contribution in [0.3, 0.4) is 0 Å². The van der Waals surface area contributed by atoms with Crippen molar-refractivity contribution < 1.29 is 19.1 Å². The lowest BCUT2D eigenvalue weighted by atomic mass is 10.2. The number of nitrogens with zero attached hydrogens (tertiary/aromatic N) is 3. The molecule has 8 nitrogen and oxygen atoms in total. The number of carbonyl (C=O) groups is 2. The van der Waals surface area contributed by atoms with Gasteiger partial charge in [-0.15, -0.1) is 11.3 Å². The van der Waals surface area contributed by atoms with Crippen molar-refractivity contribution in [2.45, 2.75) is 6.92 Å². The number of amides is 2. The van der Waals surface area contributed by atoms with E-state index in [9.17, 15) is 14.9 Å². The number of halogens is 1. The van der Waals surface area contributed by atoms with Gasteiger partial charge in [0.1, 0.15) is 11.6 Å². The Morgan fingerprint density at radius 1 is 1.18 bits per heavy atom. The summed E-state index contributed by atoms with van der Waals surface area (Å²) < 4.78 is 10.4. The van der Waals surface area contributed by atoms with Crippen molar-refractivity contribution in [3.05, 3.63) is 64.1 Å². The summed E-state index contributed by atoms with van der Waals surface area (Å²) in [6.45, 7) is 1.41. The second-order valence-electron chi connectivity index (χ2n) is 6.58. The van der Waals surface area contributed by atoms with Crippen molar-refractivity contribution >= 4 is 57.3 Å². The molecule has 0 unspecified atom stereocenters. The predicted molar refractivity (Wildman–Crippen MR) is 128 cm³/mol. The molecule has 3 aromatic rings. The van der Waals surface area contributed by atoms with Gasteiger partial charge in [-0.1, -0.05) is 17.7 Å². The van der Waals surface area contributed by atoms with Gasteiger partial charge in [0.05, 0.1) is 25.6 Å². The molecule has 0 aliphatic heterocycles. The lowest BCUT2D eigenvalue weighted by Gasteiger charge is -2.18. The van der Waals surface area contributed by atoms with Crippen LogP contribution in [0.2, 0.25) is 5.02 Å². The molecule has 1 N–H and O–H groups in total. The van der Waals surface area contributed by atoms with E-state index in [4.69, 9.17) is 21.1 Å². The zero-order chi connectivity index (χ0) is 24.0. The van der Waals surface area contributed by atoms with Gasteiger partial charge >= 0.3 is 0 Å². The molecular weight excluding hydrogens is 464 g/mol. The third kappa shape index (κ3) is 5.68. The Hall–Kier alpha value is -3.87. The van der Waals surface area contributed by atoms with Crippen LogP contribution >= 0.6 is 22.9 Å². The molecule has 0 atom stereocenters. The second-order valence-corrected chi connectivity index (χ2v) is 7.86. The normalized spacial score (nSPS) is 10.8. The number of carbonyl (C=O) groups excluding carboxylic acids is 2. The number of rotatable bonds is 7. The van der Waals surface area contributed by atoms with E-state index in [0.29, 0.717) is 38.7 Å². The van der Waals surface area contributed by atoms with Crippen LogP contribution in [-0.4, -0.2) is 31.0 Å². The van der Waals surface area contributed by atoms with Gasteiger partial charge in [-0.3, -0.25) is 14.5 Å². The summed E-state index contributed by atoms with van der Waals surface area (Å²) in [4.78, 5) is 30.7. The molecule has 0 spiro atoms. The highest BCUT2D eigenvalue weighted by molar-refractivity contribution is 7.14. The highest BCUT2D eigenvalue weighted by Crippen LogP contribution is 2.32. The van der Waals surface area contributed by atoms with Crippen molar-refractivity contribution in [1.82, 2.24) is 4.98 Å². The SMILES string of the molecule is COc1ccc(NC(=O)/C(C#N)=C/c2csc(N(C(C)=O)c3cccc(Cl)c3)n2)cc1OC. The van der Waals surface area contributed by atoms with Crippen LogP contribution in [-0.2, 0) is 9.59 Å². The van der Waals surface area contributed by atoms with Crippen molar-refractivity contribution in [3.63, 3.8) is 0 Å². The van der Waals surface area contributed by atoms with E-state index in [-0.39, 0.29) is 11.5 Å². The zero-order valence-corrected chi connectivity index (χ0v) is 19.5. The Morgan fingerprint density at radius 2 is 1.94 bits per heavy atom. The number of nitrogens with one attached hydrogen (secondary N) is 1. The minimum Gasteiger partial charge on any atom is -0.493 e. The molecule has 2 aromatic carbocycles. The number of benzene rings is 2. The topological polar surface area (TPSA) is 105 Å². The number of anilines is 3. The third-order valence-electron chi connectivity index (χ3n) is 4.38. The van der Waals surface area contributed by atoms with E-state index >= 15 is 0 Å². The molecule has 168 valence electrons. The van der Waals surface area contributed by atoms with Crippen molar-refractivity contribution in [1.29, 1.82) is 5.26 Å². The van der Waals surface area contributed by atoms with Gasteiger partial charge in [-0.25, -0.2) is 4.98 Å². The van der Waals surface area contributed by atoms with Gasteiger partial charge in [0.25, 0.3) is 5.91 Å². The van der Waals surface area contributed by atoms with Gasteiger partial charge < -0.3 is 14.8 Å². The van der Waals surface area contributed by atoms with Crippen LogP contribution < -0.4 is 19.7 Å². The maximum absolute atomic E-state index is 12.6. The molecule has 3 rings (SSSR count). The average molecular weight is 483 g/mol. The molecule has 0 aliphatic rings. The Morgan fingerprint density at radius 3 is 2.58 bits per heavy atom. The smallest absolute Gasteiger partial charge is 0.266 e. The Kier molecular flexibility index (Phi) is 7.66. The maximum Gasteiger partial charge on any atom is 0.266 e. The number of hydrogen-bond donors (Lipinski definition) is 1. The van der Waals surface area contributed by atoms with E-state index in [0.717, 1.165) is 0 Å². The molecule has 33 heavy (non-hydrogen) atoms. The minimum absolute atomic E-state index is 0.154. The first kappa shape index (κ1) is 23.8. The number of thiazole rings is 1. The molecule has 1 heterocycles. The van der Waals surface area contributed by atoms with Gasteiger partial charge in [0.15, 0.2) is 16.6 Å².